The summed E-state index contributed by atoms with van der Waals surface area (Å²) in [6.07, 6.45) is 0. The number of carbonyl (C=O) groups excluding carboxylic acids is 2. The second-order valence-electron chi connectivity index (χ2n) is 6.33. The first-order valence-electron chi connectivity index (χ1n) is 9.01. The van der Waals surface area contributed by atoms with Gasteiger partial charge in [-0.25, -0.2) is 4.79 Å². The fraction of sp³-hybridized carbons (Fsp3) is 0.130. The number of phenols is 1. The molecule has 3 aromatic rings. The quantitative estimate of drug-likeness (QED) is 0.602. The molecule has 2 N–H and O–H groups in total. The number of carbonyl (C=O) groups is 2. The number of methoxy groups -OCH3 is 1. The van der Waals surface area contributed by atoms with E-state index < -0.39 is 5.97 Å². The Morgan fingerprint density at radius 1 is 0.862 bits per heavy atom. The molecule has 0 spiro atoms. The van der Waals surface area contributed by atoms with Gasteiger partial charge in [-0.15, -0.1) is 0 Å². The number of esters is 1. The van der Waals surface area contributed by atoms with Crippen molar-refractivity contribution in [1.82, 2.24) is 5.32 Å². The van der Waals surface area contributed by atoms with Gasteiger partial charge in [0.25, 0.3) is 5.91 Å². The van der Waals surface area contributed by atoms with Gasteiger partial charge in [0, 0.05) is 6.54 Å². The molecular formula is C23H21NO5. The maximum Gasteiger partial charge on any atom is 0.338 e. The van der Waals surface area contributed by atoms with Crippen LogP contribution in [0.2, 0.25) is 0 Å². The summed E-state index contributed by atoms with van der Waals surface area (Å²) in [5, 5.41) is 12.1. The fourth-order valence-electron chi connectivity index (χ4n) is 2.66. The predicted octanol–water partition coefficient (Wildman–Crippen LogP) is 3.54. The van der Waals surface area contributed by atoms with Gasteiger partial charge in [0.05, 0.1) is 12.7 Å². The van der Waals surface area contributed by atoms with E-state index in [1.165, 1.54) is 0 Å². The van der Waals surface area contributed by atoms with Gasteiger partial charge in [0.2, 0.25) is 0 Å². The molecule has 1 amide bonds. The third kappa shape index (κ3) is 5.59. The highest BCUT2D eigenvalue weighted by molar-refractivity contribution is 5.91. The zero-order valence-electron chi connectivity index (χ0n) is 15.9. The maximum atomic E-state index is 12.1. The van der Waals surface area contributed by atoms with Crippen LogP contribution in [0, 0.1) is 0 Å². The first-order valence-corrected chi connectivity index (χ1v) is 9.01. The average Bonchev–Trinajstić information content (AvgIpc) is 2.77. The number of rotatable bonds is 7. The molecule has 6 heteroatoms. The van der Waals surface area contributed by atoms with Gasteiger partial charge in [0.1, 0.15) is 11.5 Å². The van der Waals surface area contributed by atoms with Gasteiger partial charge >= 0.3 is 5.97 Å². The molecule has 0 atom stereocenters. The van der Waals surface area contributed by atoms with Crippen molar-refractivity contribution in [2.75, 3.05) is 13.7 Å². The van der Waals surface area contributed by atoms with Gasteiger partial charge in [-0.3, -0.25) is 4.79 Å². The molecule has 3 aromatic carbocycles. The number of aromatic hydroxyl groups is 1. The van der Waals surface area contributed by atoms with Gasteiger partial charge in [0.15, 0.2) is 6.61 Å². The maximum absolute atomic E-state index is 12.1. The lowest BCUT2D eigenvalue weighted by Gasteiger charge is -2.08. The standard InChI is InChI=1S/C23H21NO5/c1-28-21-12-2-16(3-13-21)14-24-22(26)15-29-23(27)19-6-4-17(5-7-19)18-8-10-20(25)11-9-18/h2-13,25H,14-15H2,1H3,(H,24,26). The monoisotopic (exact) mass is 391 g/mol. The minimum Gasteiger partial charge on any atom is -0.508 e. The molecule has 29 heavy (non-hydrogen) atoms. The largest absolute Gasteiger partial charge is 0.508 e. The van der Waals surface area contributed by atoms with Crippen LogP contribution < -0.4 is 10.1 Å². The molecule has 0 fully saturated rings. The molecule has 0 saturated carbocycles. The third-order valence-electron chi connectivity index (χ3n) is 4.30. The van der Waals surface area contributed by atoms with Crippen molar-refractivity contribution in [2.24, 2.45) is 0 Å². The van der Waals surface area contributed by atoms with E-state index in [-0.39, 0.29) is 18.3 Å². The highest BCUT2D eigenvalue weighted by Crippen LogP contribution is 2.22. The van der Waals surface area contributed by atoms with E-state index in [4.69, 9.17) is 9.47 Å². The molecule has 0 aliphatic heterocycles. The average molecular weight is 391 g/mol. The van der Waals surface area contributed by atoms with Crippen molar-refractivity contribution in [3.8, 4) is 22.6 Å². The fourth-order valence-corrected chi connectivity index (χ4v) is 2.66. The summed E-state index contributed by atoms with van der Waals surface area (Å²) in [6.45, 7) is -0.0175. The molecule has 6 nitrogen and oxygen atoms in total. The van der Waals surface area contributed by atoms with Crippen molar-refractivity contribution in [3.05, 3.63) is 83.9 Å². The van der Waals surface area contributed by atoms with Crippen molar-refractivity contribution < 1.29 is 24.2 Å². The molecular weight excluding hydrogens is 370 g/mol. The van der Waals surface area contributed by atoms with Crippen molar-refractivity contribution in [1.29, 1.82) is 0 Å². The molecule has 3 rings (SSSR count). The van der Waals surface area contributed by atoms with Crippen LogP contribution in [-0.2, 0) is 16.1 Å². The Bertz CT molecular complexity index is 964. The second-order valence-corrected chi connectivity index (χ2v) is 6.33. The first-order chi connectivity index (χ1) is 14.0. The van der Waals surface area contributed by atoms with Crippen LogP contribution in [0.15, 0.2) is 72.8 Å². The topological polar surface area (TPSA) is 84.9 Å². The molecule has 0 radical (unpaired) electrons. The Kier molecular flexibility index (Phi) is 6.47. The third-order valence-corrected chi connectivity index (χ3v) is 4.30. The number of hydrogen-bond acceptors (Lipinski definition) is 5. The van der Waals surface area contributed by atoms with Crippen molar-refractivity contribution in [2.45, 2.75) is 6.54 Å². The molecule has 0 saturated heterocycles. The molecule has 0 aliphatic carbocycles. The van der Waals surface area contributed by atoms with Crippen molar-refractivity contribution in [3.63, 3.8) is 0 Å². The minimum absolute atomic E-state index is 0.194. The zero-order chi connectivity index (χ0) is 20.6. The second kappa shape index (κ2) is 9.41. The predicted molar refractivity (Wildman–Crippen MR) is 109 cm³/mol. The van der Waals surface area contributed by atoms with E-state index >= 15 is 0 Å². The Labute approximate surface area is 168 Å². The van der Waals surface area contributed by atoms with Crippen LogP contribution in [0.3, 0.4) is 0 Å². The lowest BCUT2D eigenvalue weighted by atomic mass is 10.0. The SMILES string of the molecule is COc1ccc(CNC(=O)COC(=O)c2ccc(-c3ccc(O)cc3)cc2)cc1. The highest BCUT2D eigenvalue weighted by Gasteiger charge is 2.10. The van der Waals surface area contributed by atoms with Crippen LogP contribution >= 0.6 is 0 Å². The van der Waals surface area contributed by atoms with Crippen LogP contribution in [0.1, 0.15) is 15.9 Å². The summed E-state index contributed by atoms with van der Waals surface area (Å²) in [7, 11) is 1.59. The van der Waals surface area contributed by atoms with E-state index in [9.17, 15) is 14.7 Å². The van der Waals surface area contributed by atoms with Gasteiger partial charge in [-0.1, -0.05) is 36.4 Å². The summed E-state index contributed by atoms with van der Waals surface area (Å²) in [5.41, 5.74) is 3.09. The number of amides is 1. The molecule has 0 unspecified atom stereocenters. The number of phenolic OH excluding ortho intramolecular Hbond substituents is 1. The normalized spacial score (nSPS) is 10.2. The summed E-state index contributed by atoms with van der Waals surface area (Å²) < 4.78 is 10.2. The Morgan fingerprint density at radius 2 is 1.45 bits per heavy atom. The molecule has 148 valence electrons. The van der Waals surface area contributed by atoms with Crippen molar-refractivity contribution >= 4 is 11.9 Å². The summed E-state index contributed by atoms with van der Waals surface area (Å²) >= 11 is 0. The van der Waals surface area contributed by atoms with Gasteiger partial charge < -0.3 is 19.9 Å². The number of ether oxygens (including phenoxy) is 2. The van der Waals surface area contributed by atoms with E-state index in [1.807, 2.05) is 24.3 Å². The van der Waals surface area contributed by atoms with E-state index in [1.54, 1.807) is 55.6 Å². The lowest BCUT2D eigenvalue weighted by Crippen LogP contribution is -2.28. The summed E-state index contributed by atoms with van der Waals surface area (Å²) in [4.78, 5) is 24.0. The molecule has 0 aromatic heterocycles. The van der Waals surface area contributed by atoms with Gasteiger partial charge in [-0.2, -0.15) is 0 Å². The van der Waals surface area contributed by atoms with E-state index in [0.29, 0.717) is 12.1 Å². The van der Waals surface area contributed by atoms with Crippen LogP contribution in [0.5, 0.6) is 11.5 Å². The number of benzene rings is 3. The Balaban J connectivity index is 1.48. The zero-order valence-corrected chi connectivity index (χ0v) is 15.9. The van der Waals surface area contributed by atoms with E-state index in [2.05, 4.69) is 5.32 Å². The Hall–Kier alpha value is -3.80. The summed E-state index contributed by atoms with van der Waals surface area (Å²) in [5.74, 6) is -0.0126. The smallest absolute Gasteiger partial charge is 0.338 e. The van der Waals surface area contributed by atoms with Gasteiger partial charge in [-0.05, 0) is 53.1 Å². The lowest BCUT2D eigenvalue weighted by molar-refractivity contribution is -0.124. The first kappa shape index (κ1) is 19.9. The van der Waals surface area contributed by atoms with Crippen LogP contribution in [0.25, 0.3) is 11.1 Å². The number of hydrogen-bond donors (Lipinski definition) is 2. The molecule has 0 heterocycles. The Morgan fingerprint density at radius 3 is 2.03 bits per heavy atom. The van der Waals surface area contributed by atoms with Crippen LogP contribution in [0.4, 0.5) is 0 Å². The molecule has 0 aliphatic rings. The van der Waals surface area contributed by atoms with E-state index in [0.717, 1.165) is 22.4 Å². The highest BCUT2D eigenvalue weighted by atomic mass is 16.5. The summed E-state index contributed by atoms with van der Waals surface area (Å²) in [6, 6.07) is 20.9. The molecule has 0 bridgehead atoms. The number of nitrogens with one attached hydrogen (secondary N) is 1. The minimum atomic E-state index is -0.568. The van der Waals surface area contributed by atoms with Crippen LogP contribution in [-0.4, -0.2) is 30.7 Å².